The van der Waals surface area contributed by atoms with Crippen LogP contribution in [0.4, 0.5) is 0 Å². The highest BCUT2D eigenvalue weighted by Crippen LogP contribution is 2.28. The number of β-amino-alcohol motifs (C(OH)–C–C–N with tert-alkyl or cyclic N) is 1. The van der Waals surface area contributed by atoms with Crippen LogP contribution in [0.15, 0.2) is 23.1 Å². The number of piperazine rings is 1. The fourth-order valence-electron chi connectivity index (χ4n) is 4.08. The molecule has 0 spiro atoms. The van der Waals surface area contributed by atoms with E-state index in [1.165, 1.54) is 30.9 Å². The number of ether oxygens (including phenoxy) is 1. The smallest absolute Gasteiger partial charge is 0.325 e. The molecule has 2 unspecified atom stereocenters. The molecule has 0 radical (unpaired) electrons. The number of benzene rings is 1. The van der Waals surface area contributed by atoms with E-state index in [1.807, 2.05) is 6.92 Å². The summed E-state index contributed by atoms with van der Waals surface area (Å²) in [7, 11) is -4.06. The van der Waals surface area contributed by atoms with Gasteiger partial charge in [0.2, 0.25) is 15.9 Å². The number of sulfonamides is 1. The van der Waals surface area contributed by atoms with Crippen molar-refractivity contribution in [2.45, 2.75) is 57.3 Å². The van der Waals surface area contributed by atoms with Gasteiger partial charge in [0.25, 0.3) is 5.91 Å². The molecule has 182 valence electrons. The lowest BCUT2D eigenvalue weighted by Crippen LogP contribution is -2.53. The first-order chi connectivity index (χ1) is 15.4. The van der Waals surface area contributed by atoms with Crippen molar-refractivity contribution in [3.8, 4) is 0 Å². The summed E-state index contributed by atoms with van der Waals surface area (Å²) in [4.78, 5) is 40.2. The SMILES string of the molecule is CC(=O)N1CCN(C(=O)C(C)OC(=O)[C@@H]2CC(O)CN2S(=O)(=O)c2ccc(C)c(C)c2)CC1. The molecule has 2 aliphatic heterocycles. The number of aliphatic hydroxyl groups is 1. The molecule has 1 N–H and O–H groups in total. The van der Waals surface area contributed by atoms with Crippen molar-refractivity contribution in [2.24, 2.45) is 0 Å². The van der Waals surface area contributed by atoms with E-state index in [9.17, 15) is 27.9 Å². The van der Waals surface area contributed by atoms with E-state index in [0.717, 1.165) is 15.4 Å². The maximum atomic E-state index is 13.2. The molecule has 0 bridgehead atoms. The Balaban J connectivity index is 1.69. The van der Waals surface area contributed by atoms with Crippen molar-refractivity contribution in [2.75, 3.05) is 32.7 Å². The molecule has 2 aliphatic rings. The van der Waals surface area contributed by atoms with Crippen LogP contribution in [0.25, 0.3) is 0 Å². The van der Waals surface area contributed by atoms with Gasteiger partial charge in [-0.2, -0.15) is 4.31 Å². The second kappa shape index (κ2) is 9.78. The highest BCUT2D eigenvalue weighted by molar-refractivity contribution is 7.89. The molecule has 2 saturated heterocycles. The van der Waals surface area contributed by atoms with Gasteiger partial charge in [0.15, 0.2) is 6.10 Å². The van der Waals surface area contributed by atoms with Crippen LogP contribution in [-0.4, -0.2) is 96.4 Å². The molecule has 2 fully saturated rings. The van der Waals surface area contributed by atoms with Crippen LogP contribution < -0.4 is 0 Å². The first-order valence-electron chi connectivity index (χ1n) is 10.9. The summed E-state index contributed by atoms with van der Waals surface area (Å²) < 4.78 is 32.7. The Morgan fingerprint density at radius 3 is 2.24 bits per heavy atom. The summed E-state index contributed by atoms with van der Waals surface area (Å²) in [6.45, 7) is 7.79. The zero-order chi connectivity index (χ0) is 24.5. The molecule has 2 heterocycles. The zero-order valence-corrected chi connectivity index (χ0v) is 20.2. The van der Waals surface area contributed by atoms with Gasteiger partial charge in [0.1, 0.15) is 6.04 Å². The van der Waals surface area contributed by atoms with Crippen molar-refractivity contribution < 1.29 is 32.6 Å². The molecular formula is C22H31N3O7S. The molecule has 3 rings (SSSR count). The third-order valence-corrected chi connectivity index (χ3v) is 8.14. The average molecular weight is 482 g/mol. The Labute approximate surface area is 194 Å². The van der Waals surface area contributed by atoms with Gasteiger partial charge in [-0.25, -0.2) is 8.42 Å². The van der Waals surface area contributed by atoms with Crippen molar-refractivity contribution in [1.82, 2.24) is 14.1 Å². The van der Waals surface area contributed by atoms with Crippen LogP contribution in [0.1, 0.15) is 31.4 Å². The van der Waals surface area contributed by atoms with Crippen molar-refractivity contribution in [3.63, 3.8) is 0 Å². The Hall–Kier alpha value is -2.50. The lowest BCUT2D eigenvalue weighted by molar-refractivity contribution is -0.162. The number of amides is 2. The summed E-state index contributed by atoms with van der Waals surface area (Å²) in [6, 6.07) is 3.47. The summed E-state index contributed by atoms with van der Waals surface area (Å²) in [5, 5.41) is 10.1. The van der Waals surface area contributed by atoms with E-state index >= 15 is 0 Å². The molecule has 1 aromatic carbocycles. The number of hydrogen-bond donors (Lipinski definition) is 1. The van der Waals surface area contributed by atoms with Crippen LogP contribution >= 0.6 is 0 Å². The van der Waals surface area contributed by atoms with Crippen molar-refractivity contribution >= 4 is 27.8 Å². The lowest BCUT2D eigenvalue weighted by atomic mass is 10.1. The molecule has 2 amide bonds. The first kappa shape index (κ1) is 25.1. The zero-order valence-electron chi connectivity index (χ0n) is 19.4. The Kier molecular flexibility index (Phi) is 7.45. The van der Waals surface area contributed by atoms with Gasteiger partial charge in [-0.15, -0.1) is 0 Å². The molecule has 0 aliphatic carbocycles. The van der Waals surface area contributed by atoms with E-state index in [2.05, 4.69) is 0 Å². The fraction of sp³-hybridized carbons (Fsp3) is 0.591. The van der Waals surface area contributed by atoms with Crippen LogP contribution in [0.3, 0.4) is 0 Å². The summed E-state index contributed by atoms with van der Waals surface area (Å²) in [6.07, 6.45) is -2.25. The molecule has 3 atom stereocenters. The van der Waals surface area contributed by atoms with Gasteiger partial charge in [-0.1, -0.05) is 6.07 Å². The van der Waals surface area contributed by atoms with E-state index in [0.29, 0.717) is 26.2 Å². The maximum Gasteiger partial charge on any atom is 0.325 e. The lowest BCUT2D eigenvalue weighted by Gasteiger charge is -2.35. The topological polar surface area (TPSA) is 125 Å². The van der Waals surface area contributed by atoms with E-state index in [4.69, 9.17) is 4.74 Å². The predicted molar refractivity (Wildman–Crippen MR) is 119 cm³/mol. The number of hydrogen-bond acceptors (Lipinski definition) is 7. The van der Waals surface area contributed by atoms with Crippen molar-refractivity contribution in [1.29, 1.82) is 0 Å². The van der Waals surface area contributed by atoms with E-state index in [1.54, 1.807) is 17.9 Å². The molecule has 11 heteroatoms. The fourth-order valence-corrected chi connectivity index (χ4v) is 5.79. The van der Waals surface area contributed by atoms with Crippen molar-refractivity contribution in [3.05, 3.63) is 29.3 Å². The second-order valence-corrected chi connectivity index (χ2v) is 10.5. The normalized spacial score (nSPS) is 22.8. The standard InChI is InChI=1S/C22H31N3O7S/c1-14-5-6-19(11-15(14)2)33(30,31)25-13-18(27)12-20(25)22(29)32-16(3)21(28)24-9-7-23(8-10-24)17(4)26/h5-6,11,16,18,20,27H,7-10,12-13H2,1-4H3/t16?,18?,20-/m0/s1. The Morgan fingerprint density at radius 1 is 1.06 bits per heavy atom. The van der Waals surface area contributed by atoms with Gasteiger partial charge in [0.05, 0.1) is 11.0 Å². The maximum absolute atomic E-state index is 13.2. The molecular weight excluding hydrogens is 450 g/mol. The van der Waals surface area contributed by atoms with Crippen LogP contribution in [0.5, 0.6) is 0 Å². The predicted octanol–water partition coefficient (Wildman–Crippen LogP) is 0.0497. The quantitative estimate of drug-likeness (QED) is 0.589. The van der Waals surface area contributed by atoms with Gasteiger partial charge in [-0.05, 0) is 44.0 Å². The highest BCUT2D eigenvalue weighted by atomic mass is 32.2. The number of aryl methyl sites for hydroxylation is 2. The first-order valence-corrected chi connectivity index (χ1v) is 12.4. The third kappa shape index (κ3) is 5.36. The van der Waals surface area contributed by atoms with Gasteiger partial charge in [-0.3, -0.25) is 14.4 Å². The number of aliphatic hydroxyl groups excluding tert-OH is 1. The third-order valence-electron chi connectivity index (χ3n) is 6.27. The Morgan fingerprint density at radius 2 is 1.67 bits per heavy atom. The monoisotopic (exact) mass is 481 g/mol. The van der Waals surface area contributed by atoms with E-state index in [-0.39, 0.29) is 23.8 Å². The second-order valence-electron chi connectivity index (χ2n) is 8.64. The molecule has 0 aromatic heterocycles. The average Bonchev–Trinajstić information content (AvgIpc) is 3.17. The summed E-state index contributed by atoms with van der Waals surface area (Å²) in [5.74, 6) is -1.35. The number of rotatable bonds is 5. The number of carbonyl (C=O) groups is 3. The minimum Gasteiger partial charge on any atom is -0.451 e. The van der Waals surface area contributed by atoms with Gasteiger partial charge in [0, 0.05) is 46.1 Å². The highest BCUT2D eigenvalue weighted by Gasteiger charge is 2.45. The Bertz CT molecular complexity index is 1030. The van der Waals surface area contributed by atoms with Crippen LogP contribution in [-0.2, 0) is 29.1 Å². The summed E-state index contributed by atoms with van der Waals surface area (Å²) >= 11 is 0. The summed E-state index contributed by atoms with van der Waals surface area (Å²) in [5.41, 5.74) is 1.72. The minimum atomic E-state index is -4.06. The largest absolute Gasteiger partial charge is 0.451 e. The number of nitrogens with zero attached hydrogens (tertiary/aromatic N) is 3. The van der Waals surface area contributed by atoms with Crippen LogP contribution in [0.2, 0.25) is 0 Å². The molecule has 0 saturated carbocycles. The van der Waals surface area contributed by atoms with Gasteiger partial charge < -0.3 is 19.6 Å². The van der Waals surface area contributed by atoms with Gasteiger partial charge >= 0.3 is 5.97 Å². The molecule has 1 aromatic rings. The van der Waals surface area contributed by atoms with Crippen LogP contribution in [0, 0.1) is 13.8 Å². The molecule has 10 nitrogen and oxygen atoms in total. The molecule has 33 heavy (non-hydrogen) atoms. The minimum absolute atomic E-state index is 0.0324. The number of esters is 1. The number of carbonyl (C=O) groups excluding carboxylic acids is 3. The van der Waals surface area contributed by atoms with E-state index < -0.39 is 40.1 Å².